The van der Waals surface area contributed by atoms with E-state index >= 15 is 0 Å². The minimum atomic E-state index is -3.51. The van der Waals surface area contributed by atoms with Gasteiger partial charge < -0.3 is 9.64 Å². The van der Waals surface area contributed by atoms with Crippen LogP contribution >= 0.6 is 11.6 Å². The van der Waals surface area contributed by atoms with Crippen molar-refractivity contribution in [3.8, 4) is 0 Å². The lowest BCUT2D eigenvalue weighted by atomic mass is 10.2. The summed E-state index contributed by atoms with van der Waals surface area (Å²) < 4.78 is 31.7. The number of carbonyl (C=O) groups excluding carboxylic acids is 1. The molecule has 1 amide bonds. The van der Waals surface area contributed by atoms with Gasteiger partial charge in [-0.2, -0.15) is 4.31 Å². The number of benzene rings is 1. The molecule has 0 saturated carbocycles. The lowest BCUT2D eigenvalue weighted by Gasteiger charge is -2.34. The largest absolute Gasteiger partial charge is 0.368 e. The predicted octanol–water partition coefficient (Wildman–Crippen LogP) is 1.96. The molecule has 1 unspecified atom stereocenters. The van der Waals surface area contributed by atoms with Crippen LogP contribution in [-0.4, -0.2) is 62.4 Å². The molecule has 0 bridgehead atoms. The molecule has 2 aliphatic heterocycles. The minimum Gasteiger partial charge on any atom is -0.368 e. The highest BCUT2D eigenvalue weighted by Crippen LogP contribution is 2.18. The second-order valence-corrected chi connectivity index (χ2v) is 8.38. The lowest BCUT2D eigenvalue weighted by Crippen LogP contribution is -2.52. The first-order valence-electron chi connectivity index (χ1n) is 8.30. The van der Waals surface area contributed by atoms with Crippen molar-refractivity contribution in [2.75, 3.05) is 32.8 Å². The Morgan fingerprint density at radius 1 is 1.16 bits per heavy atom. The number of hydrogen-bond donors (Lipinski definition) is 0. The van der Waals surface area contributed by atoms with Crippen LogP contribution in [0.5, 0.6) is 0 Å². The SMILES string of the molecule is O=C(C1CCCO1)N1CCN(S(=O)(=O)/C=C/c2ccc(Cl)cc2)CC1. The number of hydrogen-bond acceptors (Lipinski definition) is 4. The molecular formula is C17H21ClN2O4S. The second kappa shape index (κ2) is 7.86. The van der Waals surface area contributed by atoms with E-state index in [1.807, 2.05) is 0 Å². The van der Waals surface area contributed by atoms with Gasteiger partial charge in [-0.25, -0.2) is 8.42 Å². The van der Waals surface area contributed by atoms with E-state index in [0.717, 1.165) is 18.4 Å². The number of halogens is 1. The van der Waals surface area contributed by atoms with E-state index in [4.69, 9.17) is 16.3 Å². The average Bonchev–Trinajstić information content (AvgIpc) is 3.15. The van der Waals surface area contributed by atoms with Gasteiger partial charge in [0.1, 0.15) is 6.10 Å². The van der Waals surface area contributed by atoms with Gasteiger partial charge in [0.05, 0.1) is 0 Å². The summed E-state index contributed by atoms with van der Waals surface area (Å²) in [5, 5.41) is 1.81. The molecular weight excluding hydrogens is 364 g/mol. The first-order chi connectivity index (χ1) is 12.0. The van der Waals surface area contributed by atoms with Gasteiger partial charge in [0.25, 0.3) is 5.91 Å². The van der Waals surface area contributed by atoms with Crippen LogP contribution in [0, 0.1) is 0 Å². The Kier molecular flexibility index (Phi) is 5.78. The zero-order valence-electron chi connectivity index (χ0n) is 13.8. The van der Waals surface area contributed by atoms with Crippen molar-refractivity contribution in [2.24, 2.45) is 0 Å². The van der Waals surface area contributed by atoms with Gasteiger partial charge in [-0.3, -0.25) is 4.79 Å². The van der Waals surface area contributed by atoms with Crippen molar-refractivity contribution in [1.82, 2.24) is 9.21 Å². The number of amides is 1. The fraction of sp³-hybridized carbons (Fsp3) is 0.471. The maximum atomic E-state index is 12.4. The highest BCUT2D eigenvalue weighted by atomic mass is 35.5. The normalized spacial score (nSPS) is 22.6. The summed E-state index contributed by atoms with van der Waals surface area (Å²) in [6.07, 6.45) is 2.85. The summed E-state index contributed by atoms with van der Waals surface area (Å²) in [7, 11) is -3.51. The molecule has 2 fully saturated rings. The van der Waals surface area contributed by atoms with Gasteiger partial charge in [-0.15, -0.1) is 0 Å². The molecule has 2 heterocycles. The first kappa shape index (κ1) is 18.4. The van der Waals surface area contributed by atoms with E-state index in [1.54, 1.807) is 35.2 Å². The van der Waals surface area contributed by atoms with Crippen molar-refractivity contribution in [3.05, 3.63) is 40.3 Å². The molecule has 1 aromatic carbocycles. The third kappa shape index (κ3) is 4.61. The summed E-state index contributed by atoms with van der Waals surface area (Å²) in [6.45, 7) is 2.01. The molecule has 1 atom stereocenters. The molecule has 0 radical (unpaired) electrons. The number of ether oxygens (including phenoxy) is 1. The molecule has 0 aromatic heterocycles. The van der Waals surface area contributed by atoms with Crippen LogP contribution in [0.1, 0.15) is 18.4 Å². The molecule has 0 N–H and O–H groups in total. The summed E-state index contributed by atoms with van der Waals surface area (Å²) >= 11 is 5.82. The highest BCUT2D eigenvalue weighted by molar-refractivity contribution is 7.92. The number of sulfonamides is 1. The Morgan fingerprint density at radius 3 is 2.44 bits per heavy atom. The van der Waals surface area contributed by atoms with Crippen molar-refractivity contribution in [1.29, 1.82) is 0 Å². The Bertz CT molecular complexity index is 734. The van der Waals surface area contributed by atoms with Crippen molar-refractivity contribution < 1.29 is 17.9 Å². The van der Waals surface area contributed by atoms with Gasteiger partial charge >= 0.3 is 0 Å². The molecule has 0 aliphatic carbocycles. The van der Waals surface area contributed by atoms with Crippen LogP contribution in [0.2, 0.25) is 5.02 Å². The van der Waals surface area contributed by atoms with Crippen molar-refractivity contribution in [3.63, 3.8) is 0 Å². The summed E-state index contributed by atoms with van der Waals surface area (Å²) in [5.41, 5.74) is 0.764. The maximum Gasteiger partial charge on any atom is 0.251 e. The molecule has 8 heteroatoms. The van der Waals surface area contributed by atoms with E-state index in [0.29, 0.717) is 37.8 Å². The zero-order chi connectivity index (χ0) is 17.9. The molecule has 1 aromatic rings. The van der Waals surface area contributed by atoms with Crippen LogP contribution in [0.4, 0.5) is 0 Å². The van der Waals surface area contributed by atoms with Crippen LogP contribution in [0.25, 0.3) is 6.08 Å². The number of piperazine rings is 1. The monoisotopic (exact) mass is 384 g/mol. The summed E-state index contributed by atoms with van der Waals surface area (Å²) in [4.78, 5) is 14.0. The summed E-state index contributed by atoms with van der Waals surface area (Å²) in [5.74, 6) is -0.0220. The minimum absolute atomic E-state index is 0.0220. The van der Waals surface area contributed by atoms with Crippen LogP contribution < -0.4 is 0 Å². The smallest absolute Gasteiger partial charge is 0.251 e. The van der Waals surface area contributed by atoms with Gasteiger partial charge in [-0.05, 0) is 36.6 Å². The molecule has 136 valence electrons. The lowest BCUT2D eigenvalue weighted by molar-refractivity contribution is -0.142. The fourth-order valence-electron chi connectivity index (χ4n) is 2.96. The van der Waals surface area contributed by atoms with Gasteiger partial charge in [0.2, 0.25) is 10.0 Å². The topological polar surface area (TPSA) is 66.9 Å². The number of carbonyl (C=O) groups is 1. The molecule has 2 aliphatic rings. The quantitative estimate of drug-likeness (QED) is 0.795. The van der Waals surface area contributed by atoms with E-state index in [2.05, 4.69) is 0 Å². The number of nitrogens with zero attached hydrogens (tertiary/aromatic N) is 2. The van der Waals surface area contributed by atoms with Crippen LogP contribution in [-0.2, 0) is 19.6 Å². The standard InChI is InChI=1S/C17H21ClN2O4S/c18-15-5-3-14(4-6-15)7-13-25(22,23)20-10-8-19(9-11-20)17(21)16-2-1-12-24-16/h3-7,13,16H,1-2,8-12H2/b13-7+. The van der Waals surface area contributed by atoms with Gasteiger partial charge in [0.15, 0.2) is 0 Å². The fourth-order valence-corrected chi connectivity index (χ4v) is 4.26. The zero-order valence-corrected chi connectivity index (χ0v) is 15.4. The third-order valence-corrected chi connectivity index (χ3v) is 6.23. The Morgan fingerprint density at radius 2 is 1.84 bits per heavy atom. The van der Waals surface area contributed by atoms with Crippen LogP contribution in [0.3, 0.4) is 0 Å². The molecule has 0 spiro atoms. The highest BCUT2D eigenvalue weighted by Gasteiger charge is 2.32. The van der Waals surface area contributed by atoms with Crippen LogP contribution in [0.15, 0.2) is 29.7 Å². The third-order valence-electron chi connectivity index (χ3n) is 4.42. The Hall–Kier alpha value is -1.41. The van der Waals surface area contributed by atoms with Gasteiger partial charge in [-0.1, -0.05) is 23.7 Å². The molecule has 3 rings (SSSR count). The average molecular weight is 385 g/mol. The van der Waals surface area contributed by atoms with E-state index < -0.39 is 10.0 Å². The first-order valence-corrected chi connectivity index (χ1v) is 10.2. The molecule has 6 nitrogen and oxygen atoms in total. The maximum absolute atomic E-state index is 12.4. The predicted molar refractivity (Wildman–Crippen MR) is 96.5 cm³/mol. The molecule has 2 saturated heterocycles. The van der Waals surface area contributed by atoms with E-state index in [-0.39, 0.29) is 12.0 Å². The second-order valence-electron chi connectivity index (χ2n) is 6.13. The Balaban J connectivity index is 1.57. The van der Waals surface area contributed by atoms with E-state index in [9.17, 15) is 13.2 Å². The molecule has 25 heavy (non-hydrogen) atoms. The van der Waals surface area contributed by atoms with Gasteiger partial charge in [0, 0.05) is 43.2 Å². The Labute approximate surface area is 153 Å². The van der Waals surface area contributed by atoms with Crippen molar-refractivity contribution >= 4 is 33.6 Å². The number of rotatable bonds is 4. The van der Waals surface area contributed by atoms with Crippen molar-refractivity contribution in [2.45, 2.75) is 18.9 Å². The van der Waals surface area contributed by atoms with E-state index in [1.165, 1.54) is 9.71 Å². The summed E-state index contributed by atoms with van der Waals surface area (Å²) in [6, 6.07) is 6.94.